The molecule has 1 saturated heterocycles. The van der Waals surface area contributed by atoms with E-state index in [1.54, 1.807) is 21.2 Å². The van der Waals surface area contributed by atoms with E-state index < -0.39 is 0 Å². The zero-order valence-corrected chi connectivity index (χ0v) is 18.8. The molecular weight excluding hydrogens is 392 g/mol. The smallest absolute Gasteiger partial charge is 0.259 e. The van der Waals surface area contributed by atoms with E-state index in [9.17, 15) is 4.79 Å². The number of benzene rings is 2. The number of ether oxygens (including phenoxy) is 2. The molecule has 7 nitrogen and oxygen atoms in total. The van der Waals surface area contributed by atoms with Crippen LogP contribution in [0.5, 0.6) is 11.5 Å². The summed E-state index contributed by atoms with van der Waals surface area (Å²) >= 11 is 0. The highest BCUT2D eigenvalue weighted by atomic mass is 16.5. The zero-order chi connectivity index (χ0) is 22.2. The minimum absolute atomic E-state index is 0.0338. The Balaban J connectivity index is 1.53. The molecule has 0 spiro atoms. The summed E-state index contributed by atoms with van der Waals surface area (Å²) < 4.78 is 10.9. The van der Waals surface area contributed by atoms with Gasteiger partial charge in [0.25, 0.3) is 5.91 Å². The minimum atomic E-state index is -0.0654. The molecule has 166 valence electrons. The van der Waals surface area contributed by atoms with Crippen molar-refractivity contribution in [1.29, 1.82) is 0 Å². The van der Waals surface area contributed by atoms with Gasteiger partial charge in [-0.25, -0.2) is 0 Å². The molecule has 0 saturated carbocycles. The number of amides is 1. The Morgan fingerprint density at radius 2 is 1.97 bits per heavy atom. The maximum atomic E-state index is 11.7. The van der Waals surface area contributed by atoms with Crippen LogP contribution in [0.2, 0.25) is 0 Å². The predicted octanol–water partition coefficient (Wildman–Crippen LogP) is 2.73. The Bertz CT molecular complexity index is 896. The lowest BCUT2D eigenvalue weighted by Crippen LogP contribution is -2.39. The van der Waals surface area contributed by atoms with Gasteiger partial charge < -0.3 is 24.6 Å². The van der Waals surface area contributed by atoms with Crippen molar-refractivity contribution in [3.8, 4) is 11.5 Å². The second kappa shape index (κ2) is 10.7. The molecule has 1 fully saturated rings. The third kappa shape index (κ3) is 6.13. The molecular formula is C24H32N4O3. The Morgan fingerprint density at radius 1 is 1.19 bits per heavy atom. The van der Waals surface area contributed by atoms with Gasteiger partial charge in [-0.1, -0.05) is 24.3 Å². The monoisotopic (exact) mass is 424 g/mol. The first kappa shape index (κ1) is 22.5. The normalized spacial score (nSPS) is 16.2. The summed E-state index contributed by atoms with van der Waals surface area (Å²) in [5, 5.41) is 3.45. The van der Waals surface area contributed by atoms with Gasteiger partial charge in [-0.15, -0.1) is 0 Å². The number of hydrogen-bond acceptors (Lipinski definition) is 4. The van der Waals surface area contributed by atoms with Gasteiger partial charge >= 0.3 is 0 Å². The molecule has 2 aromatic carbocycles. The summed E-state index contributed by atoms with van der Waals surface area (Å²) in [6.45, 7) is 2.56. The number of methoxy groups -OCH3 is 1. The molecule has 1 N–H and O–H groups in total. The molecule has 1 heterocycles. The number of nitrogens with one attached hydrogen (secondary N) is 1. The quantitative estimate of drug-likeness (QED) is 0.547. The van der Waals surface area contributed by atoms with Crippen molar-refractivity contribution in [3.63, 3.8) is 0 Å². The fraction of sp³-hybridized carbons (Fsp3) is 0.417. The predicted molar refractivity (Wildman–Crippen MR) is 123 cm³/mol. The molecule has 0 bridgehead atoms. The summed E-state index contributed by atoms with van der Waals surface area (Å²) in [5.41, 5.74) is 2.40. The van der Waals surface area contributed by atoms with Gasteiger partial charge in [0.1, 0.15) is 11.5 Å². The van der Waals surface area contributed by atoms with Gasteiger partial charge in [0.15, 0.2) is 12.6 Å². The average molecular weight is 425 g/mol. The van der Waals surface area contributed by atoms with Gasteiger partial charge in [-0.3, -0.25) is 9.79 Å². The van der Waals surface area contributed by atoms with Crippen LogP contribution in [0, 0.1) is 0 Å². The van der Waals surface area contributed by atoms with Crippen molar-refractivity contribution in [2.45, 2.75) is 18.9 Å². The van der Waals surface area contributed by atoms with E-state index in [1.807, 2.05) is 43.4 Å². The number of rotatable bonds is 7. The van der Waals surface area contributed by atoms with E-state index in [0.29, 0.717) is 18.2 Å². The van der Waals surface area contributed by atoms with Crippen LogP contribution in [-0.4, -0.2) is 69.6 Å². The lowest BCUT2D eigenvalue weighted by Gasteiger charge is -2.22. The molecule has 1 unspecified atom stereocenters. The molecule has 31 heavy (non-hydrogen) atoms. The van der Waals surface area contributed by atoms with Crippen LogP contribution >= 0.6 is 0 Å². The van der Waals surface area contributed by atoms with Crippen LogP contribution in [0.3, 0.4) is 0 Å². The van der Waals surface area contributed by atoms with E-state index in [2.05, 4.69) is 27.3 Å². The molecule has 7 heteroatoms. The molecule has 0 aliphatic carbocycles. The summed E-state index contributed by atoms with van der Waals surface area (Å²) in [6, 6.07) is 16.1. The van der Waals surface area contributed by atoms with Crippen molar-refractivity contribution >= 4 is 11.9 Å². The number of guanidine groups is 1. The number of hydrogen-bond donors (Lipinski definition) is 1. The van der Waals surface area contributed by atoms with Crippen molar-refractivity contribution in [2.75, 3.05) is 47.9 Å². The molecule has 1 aliphatic rings. The van der Waals surface area contributed by atoms with Crippen LogP contribution in [0.4, 0.5) is 0 Å². The van der Waals surface area contributed by atoms with Gasteiger partial charge in [-0.2, -0.15) is 0 Å². The number of carbonyl (C=O) groups is 1. The number of likely N-dealkylation sites (N-methyl/N-ethyl adjacent to an activating group) is 1. The van der Waals surface area contributed by atoms with E-state index in [4.69, 9.17) is 9.47 Å². The van der Waals surface area contributed by atoms with Crippen LogP contribution in [0.1, 0.15) is 23.5 Å². The van der Waals surface area contributed by atoms with Gasteiger partial charge in [0.05, 0.1) is 7.11 Å². The van der Waals surface area contributed by atoms with Gasteiger partial charge in [-0.05, 0) is 41.8 Å². The highest BCUT2D eigenvalue weighted by Gasteiger charge is 2.26. The molecule has 1 amide bonds. The van der Waals surface area contributed by atoms with Crippen molar-refractivity contribution in [2.24, 2.45) is 4.99 Å². The Morgan fingerprint density at radius 3 is 2.65 bits per heavy atom. The standard InChI is InChI=1S/C24H32N4O3/c1-25-24(28-13-12-20(16-28)19-8-10-21(30-4)11-9-19)26-15-18-6-5-7-22(14-18)31-17-23(29)27(2)3/h5-11,14,20H,12-13,15-17H2,1-4H3,(H,25,26). The topological polar surface area (TPSA) is 66.4 Å². The molecule has 2 aromatic rings. The summed E-state index contributed by atoms with van der Waals surface area (Å²) in [7, 11) is 6.94. The minimum Gasteiger partial charge on any atom is -0.497 e. The molecule has 1 aliphatic heterocycles. The first-order chi connectivity index (χ1) is 15.0. The fourth-order valence-electron chi connectivity index (χ4n) is 3.63. The largest absolute Gasteiger partial charge is 0.497 e. The fourth-order valence-corrected chi connectivity index (χ4v) is 3.63. The molecule has 0 radical (unpaired) electrons. The second-order valence-electron chi connectivity index (χ2n) is 7.83. The zero-order valence-electron chi connectivity index (χ0n) is 18.8. The second-order valence-corrected chi connectivity index (χ2v) is 7.83. The lowest BCUT2D eigenvalue weighted by molar-refractivity contribution is -0.130. The summed E-state index contributed by atoms with van der Waals surface area (Å²) in [4.78, 5) is 20.0. The van der Waals surface area contributed by atoms with Crippen LogP contribution < -0.4 is 14.8 Å². The van der Waals surface area contributed by atoms with E-state index in [-0.39, 0.29) is 12.5 Å². The molecule has 1 atom stereocenters. The van der Waals surface area contributed by atoms with Crippen molar-refractivity contribution < 1.29 is 14.3 Å². The summed E-state index contributed by atoms with van der Waals surface area (Å²) in [6.07, 6.45) is 1.09. The van der Waals surface area contributed by atoms with E-state index in [0.717, 1.165) is 36.8 Å². The van der Waals surface area contributed by atoms with Crippen LogP contribution in [0.25, 0.3) is 0 Å². The van der Waals surface area contributed by atoms with Gasteiger partial charge in [0.2, 0.25) is 0 Å². The Labute approximate surface area is 184 Å². The maximum Gasteiger partial charge on any atom is 0.259 e. The third-order valence-corrected chi connectivity index (χ3v) is 5.50. The first-order valence-electron chi connectivity index (χ1n) is 10.5. The van der Waals surface area contributed by atoms with E-state index in [1.165, 1.54) is 10.5 Å². The average Bonchev–Trinajstić information content (AvgIpc) is 3.28. The van der Waals surface area contributed by atoms with Crippen molar-refractivity contribution in [1.82, 2.24) is 15.1 Å². The van der Waals surface area contributed by atoms with Crippen LogP contribution in [-0.2, 0) is 11.3 Å². The maximum absolute atomic E-state index is 11.7. The Kier molecular flexibility index (Phi) is 7.76. The molecule has 0 aromatic heterocycles. The SMILES string of the molecule is CN=C(NCc1cccc(OCC(=O)N(C)C)c1)N1CCC(c2ccc(OC)cc2)C1. The third-order valence-electron chi connectivity index (χ3n) is 5.50. The van der Waals surface area contributed by atoms with E-state index >= 15 is 0 Å². The highest BCUT2D eigenvalue weighted by Crippen LogP contribution is 2.28. The first-order valence-corrected chi connectivity index (χ1v) is 10.5. The molecule has 3 rings (SSSR count). The lowest BCUT2D eigenvalue weighted by atomic mass is 9.98. The van der Waals surface area contributed by atoms with Gasteiger partial charge in [0, 0.05) is 46.7 Å². The Hall–Kier alpha value is -3.22. The number of nitrogens with zero attached hydrogens (tertiary/aromatic N) is 3. The number of likely N-dealkylation sites (tertiary alicyclic amines) is 1. The summed E-state index contributed by atoms with van der Waals surface area (Å²) in [5.74, 6) is 2.88. The number of carbonyl (C=O) groups excluding carboxylic acids is 1. The van der Waals surface area contributed by atoms with Crippen molar-refractivity contribution in [3.05, 3.63) is 59.7 Å². The highest BCUT2D eigenvalue weighted by molar-refractivity contribution is 5.80. The van der Waals surface area contributed by atoms with Crippen LogP contribution in [0.15, 0.2) is 53.5 Å². The number of aliphatic imine (C=N–C) groups is 1.